The van der Waals surface area contributed by atoms with Gasteiger partial charge >= 0.3 is 11.3 Å². The fourth-order valence-corrected chi connectivity index (χ4v) is 4.56. The zero-order valence-electron chi connectivity index (χ0n) is 17.3. The first-order valence-corrected chi connectivity index (χ1v) is 11.3. The number of hydrogen-bond donors (Lipinski definition) is 0. The molecule has 0 aromatic heterocycles. The number of alkyl halides is 5. The maximum Gasteiger partial charge on any atom is 0.388 e. The first-order valence-electron chi connectivity index (χ1n) is 10.9. The van der Waals surface area contributed by atoms with Gasteiger partial charge in [0.2, 0.25) is 0 Å². The third-order valence-corrected chi connectivity index (χ3v) is 6.62. The van der Waals surface area contributed by atoms with Gasteiger partial charge in [0.05, 0.1) is 0 Å². The van der Waals surface area contributed by atoms with E-state index in [4.69, 9.17) is 0 Å². The Hall–Kier alpha value is -1.55. The minimum absolute atomic E-state index is 0.577. The molecule has 0 saturated heterocycles. The van der Waals surface area contributed by atoms with Crippen LogP contribution in [0.1, 0.15) is 75.3 Å². The summed E-state index contributed by atoms with van der Waals surface area (Å²) in [4.78, 5) is 0. The first kappa shape index (κ1) is 23.1. The second-order valence-electron chi connectivity index (χ2n) is 8.48. The molecule has 1 fully saturated rings. The van der Waals surface area contributed by atoms with Gasteiger partial charge < -0.3 is 0 Å². The quantitative estimate of drug-likeness (QED) is 0.218. The van der Waals surface area contributed by atoms with Crippen LogP contribution in [-0.4, -0.2) is 5.38 Å². The molecule has 0 bridgehead atoms. The van der Waals surface area contributed by atoms with Crippen LogP contribution >= 0.6 is 11.6 Å². The molecule has 0 N–H and O–H groups in total. The van der Waals surface area contributed by atoms with Gasteiger partial charge in [-0.3, -0.25) is 0 Å². The molecule has 0 heterocycles. The molecule has 0 radical (unpaired) electrons. The SMILES string of the molecule is CCCCCC1CCC(c2ccc(-c3ccc(C(F)(F)C(F)(F)Cl)cc3)cc2)CC1. The molecule has 30 heavy (non-hydrogen) atoms. The Morgan fingerprint density at radius 2 is 1.33 bits per heavy atom. The van der Waals surface area contributed by atoms with Crippen molar-refractivity contribution in [1.82, 2.24) is 0 Å². The highest BCUT2D eigenvalue weighted by Gasteiger charge is 2.56. The van der Waals surface area contributed by atoms with E-state index in [1.165, 1.54) is 69.1 Å². The van der Waals surface area contributed by atoms with Crippen LogP contribution in [0.15, 0.2) is 48.5 Å². The highest BCUT2D eigenvalue weighted by molar-refractivity contribution is 6.22. The smallest absolute Gasteiger partial charge is 0.193 e. The summed E-state index contributed by atoms with van der Waals surface area (Å²) in [6.07, 6.45) is 10.3. The second kappa shape index (κ2) is 9.72. The van der Waals surface area contributed by atoms with Crippen LogP contribution in [0.5, 0.6) is 0 Å². The Balaban J connectivity index is 1.61. The summed E-state index contributed by atoms with van der Waals surface area (Å²) in [5.74, 6) is -2.97. The van der Waals surface area contributed by atoms with Crippen molar-refractivity contribution in [2.75, 3.05) is 0 Å². The Labute approximate surface area is 181 Å². The van der Waals surface area contributed by atoms with Crippen LogP contribution in [0.2, 0.25) is 0 Å². The molecule has 2 aromatic carbocycles. The average molecular weight is 441 g/mol. The Kier molecular flexibility index (Phi) is 7.49. The summed E-state index contributed by atoms with van der Waals surface area (Å²) in [5.41, 5.74) is 2.10. The van der Waals surface area contributed by atoms with Crippen molar-refractivity contribution in [3.63, 3.8) is 0 Å². The fourth-order valence-electron chi connectivity index (χ4n) is 4.45. The Morgan fingerprint density at radius 3 is 1.83 bits per heavy atom. The second-order valence-corrected chi connectivity index (χ2v) is 8.96. The molecule has 3 rings (SSSR count). The van der Waals surface area contributed by atoms with Crippen LogP contribution in [0.4, 0.5) is 17.6 Å². The number of benzene rings is 2. The molecule has 0 amide bonds. The van der Waals surface area contributed by atoms with E-state index in [-0.39, 0.29) is 0 Å². The van der Waals surface area contributed by atoms with Crippen LogP contribution in [0, 0.1) is 5.92 Å². The van der Waals surface area contributed by atoms with E-state index in [1.807, 2.05) is 12.1 Å². The first-order chi connectivity index (χ1) is 14.2. The largest absolute Gasteiger partial charge is 0.388 e. The molecule has 1 aliphatic rings. The van der Waals surface area contributed by atoms with E-state index < -0.39 is 16.9 Å². The highest BCUT2D eigenvalue weighted by Crippen LogP contribution is 2.46. The van der Waals surface area contributed by atoms with Gasteiger partial charge in [-0.15, -0.1) is 0 Å². The molecule has 0 spiro atoms. The third kappa shape index (κ3) is 5.38. The Morgan fingerprint density at radius 1 is 0.800 bits per heavy atom. The molecule has 164 valence electrons. The predicted octanol–water partition coefficient (Wildman–Crippen LogP) is 9.13. The molecule has 0 unspecified atom stereocenters. The van der Waals surface area contributed by atoms with Gasteiger partial charge in [0.1, 0.15) is 0 Å². The average Bonchev–Trinajstić information content (AvgIpc) is 2.74. The van der Waals surface area contributed by atoms with Crippen molar-refractivity contribution in [3.05, 3.63) is 59.7 Å². The van der Waals surface area contributed by atoms with Gasteiger partial charge in [0.25, 0.3) is 0 Å². The van der Waals surface area contributed by atoms with Gasteiger partial charge in [0, 0.05) is 5.56 Å². The van der Waals surface area contributed by atoms with E-state index in [0.29, 0.717) is 11.5 Å². The van der Waals surface area contributed by atoms with Gasteiger partial charge in [-0.2, -0.15) is 17.6 Å². The van der Waals surface area contributed by atoms with E-state index in [9.17, 15) is 17.6 Å². The molecule has 0 nitrogen and oxygen atoms in total. The van der Waals surface area contributed by atoms with Gasteiger partial charge in [-0.05, 0) is 65.8 Å². The lowest BCUT2D eigenvalue weighted by Crippen LogP contribution is -2.32. The maximum absolute atomic E-state index is 13.7. The van der Waals surface area contributed by atoms with Crippen molar-refractivity contribution in [1.29, 1.82) is 0 Å². The van der Waals surface area contributed by atoms with Crippen LogP contribution < -0.4 is 0 Å². The van der Waals surface area contributed by atoms with Crippen LogP contribution in [0.3, 0.4) is 0 Å². The van der Waals surface area contributed by atoms with Crippen LogP contribution in [-0.2, 0) is 5.92 Å². The van der Waals surface area contributed by atoms with Crippen molar-refractivity contribution in [3.8, 4) is 11.1 Å². The predicted molar refractivity (Wildman–Crippen MR) is 115 cm³/mol. The number of rotatable bonds is 8. The lowest BCUT2D eigenvalue weighted by atomic mass is 9.77. The summed E-state index contributed by atoms with van der Waals surface area (Å²) in [7, 11) is 0. The maximum atomic E-state index is 13.7. The lowest BCUT2D eigenvalue weighted by molar-refractivity contribution is -0.164. The van der Waals surface area contributed by atoms with E-state index in [0.717, 1.165) is 23.6 Å². The lowest BCUT2D eigenvalue weighted by Gasteiger charge is -2.29. The monoisotopic (exact) mass is 440 g/mol. The van der Waals surface area contributed by atoms with Gasteiger partial charge in [0.15, 0.2) is 0 Å². The molecule has 0 atom stereocenters. The van der Waals surface area contributed by atoms with E-state index in [1.54, 1.807) is 0 Å². The fraction of sp³-hybridized carbons (Fsp3) is 0.520. The summed E-state index contributed by atoms with van der Waals surface area (Å²) in [6, 6.07) is 13.1. The van der Waals surface area contributed by atoms with E-state index >= 15 is 0 Å². The zero-order chi connectivity index (χ0) is 21.8. The molecular weight excluding hydrogens is 412 g/mol. The van der Waals surface area contributed by atoms with Crippen molar-refractivity contribution in [2.45, 2.75) is 75.5 Å². The molecule has 2 aromatic rings. The highest BCUT2D eigenvalue weighted by atomic mass is 35.5. The summed E-state index contributed by atoms with van der Waals surface area (Å²) in [5, 5.41) is -4.62. The van der Waals surface area contributed by atoms with Crippen molar-refractivity contribution < 1.29 is 17.6 Å². The molecule has 1 saturated carbocycles. The summed E-state index contributed by atoms with van der Waals surface area (Å²) < 4.78 is 53.3. The number of unbranched alkanes of at least 4 members (excludes halogenated alkanes) is 2. The number of halogens is 5. The summed E-state index contributed by atoms with van der Waals surface area (Å²) in [6.45, 7) is 2.24. The van der Waals surface area contributed by atoms with Gasteiger partial charge in [-0.25, -0.2) is 0 Å². The van der Waals surface area contributed by atoms with Crippen molar-refractivity contribution in [2.24, 2.45) is 5.92 Å². The number of hydrogen-bond acceptors (Lipinski definition) is 0. The topological polar surface area (TPSA) is 0 Å². The van der Waals surface area contributed by atoms with Crippen molar-refractivity contribution >= 4 is 11.6 Å². The van der Waals surface area contributed by atoms with E-state index in [2.05, 4.69) is 30.7 Å². The van der Waals surface area contributed by atoms with Gasteiger partial charge in [-0.1, -0.05) is 81.1 Å². The molecule has 5 heteroatoms. The minimum atomic E-state index is -4.62. The Bertz CT molecular complexity index is 785. The molecule has 1 aliphatic carbocycles. The molecule has 0 aliphatic heterocycles. The standard InChI is InChI=1S/C25H29ClF4/c1-2-3-4-5-18-6-8-19(9-7-18)20-10-12-21(13-11-20)22-14-16-23(17-15-22)24(27,28)25(26,29)30/h10-19H,2-9H2,1H3. The molecular formula is C25H29ClF4. The summed E-state index contributed by atoms with van der Waals surface area (Å²) >= 11 is 4.56. The zero-order valence-corrected chi connectivity index (χ0v) is 18.1. The third-order valence-electron chi connectivity index (χ3n) is 6.38. The van der Waals surface area contributed by atoms with Crippen LogP contribution in [0.25, 0.3) is 11.1 Å². The normalized spacial score (nSPS) is 20.3. The minimum Gasteiger partial charge on any atom is -0.193 e.